The van der Waals surface area contributed by atoms with Crippen LogP contribution in [0, 0.1) is 0 Å². The van der Waals surface area contributed by atoms with Crippen LogP contribution in [0.2, 0.25) is 0 Å². The van der Waals surface area contributed by atoms with Crippen molar-refractivity contribution >= 4 is 34.0 Å². The Morgan fingerprint density at radius 3 is 2.79 bits per heavy atom. The van der Waals surface area contributed by atoms with Gasteiger partial charge in [-0.05, 0) is 28.8 Å². The standard InChI is InChI=1S/C10H11BO2S/c1-2-7-3-4-10-8(5-7)9(6-14-10)11(12)13/h3-6,12-13H,2H2,1H3. The van der Waals surface area contributed by atoms with Crippen molar-refractivity contribution in [2.75, 3.05) is 0 Å². The molecule has 0 atom stereocenters. The minimum Gasteiger partial charge on any atom is -0.423 e. The van der Waals surface area contributed by atoms with Gasteiger partial charge in [-0.25, -0.2) is 0 Å². The molecule has 1 heterocycles. The predicted molar refractivity (Wildman–Crippen MR) is 61.0 cm³/mol. The SMILES string of the molecule is CCc1ccc2scc(B(O)O)c2c1. The zero-order valence-electron chi connectivity index (χ0n) is 7.90. The Morgan fingerprint density at radius 1 is 1.36 bits per heavy atom. The van der Waals surface area contributed by atoms with Crippen molar-refractivity contribution < 1.29 is 10.0 Å². The van der Waals surface area contributed by atoms with Gasteiger partial charge in [0, 0.05) is 10.2 Å². The molecule has 0 saturated carbocycles. The van der Waals surface area contributed by atoms with Crippen LogP contribution in [0.5, 0.6) is 0 Å². The van der Waals surface area contributed by atoms with Crippen LogP contribution in [0.25, 0.3) is 10.1 Å². The van der Waals surface area contributed by atoms with Crippen molar-refractivity contribution in [1.29, 1.82) is 0 Å². The Bertz CT molecular complexity index is 450. The summed E-state index contributed by atoms with van der Waals surface area (Å²) in [6.07, 6.45) is 0.965. The monoisotopic (exact) mass is 206 g/mol. The fourth-order valence-electron chi connectivity index (χ4n) is 1.52. The van der Waals surface area contributed by atoms with Gasteiger partial charge in [0.25, 0.3) is 0 Å². The van der Waals surface area contributed by atoms with Gasteiger partial charge in [-0.3, -0.25) is 0 Å². The zero-order valence-corrected chi connectivity index (χ0v) is 8.71. The molecule has 0 aliphatic rings. The number of hydrogen-bond acceptors (Lipinski definition) is 3. The van der Waals surface area contributed by atoms with Crippen molar-refractivity contribution in [2.45, 2.75) is 13.3 Å². The molecule has 0 saturated heterocycles. The second kappa shape index (κ2) is 3.73. The van der Waals surface area contributed by atoms with Crippen molar-refractivity contribution in [3.63, 3.8) is 0 Å². The average Bonchev–Trinajstić information content (AvgIpc) is 2.59. The Morgan fingerprint density at radius 2 is 2.14 bits per heavy atom. The summed E-state index contributed by atoms with van der Waals surface area (Å²) in [5.41, 5.74) is 1.83. The first kappa shape index (κ1) is 9.71. The van der Waals surface area contributed by atoms with E-state index >= 15 is 0 Å². The van der Waals surface area contributed by atoms with Crippen LogP contribution < -0.4 is 5.46 Å². The third kappa shape index (κ3) is 1.56. The third-order valence-corrected chi connectivity index (χ3v) is 3.34. The molecule has 0 fully saturated rings. The lowest BCUT2D eigenvalue weighted by Gasteiger charge is -1.99. The summed E-state index contributed by atoms with van der Waals surface area (Å²) >= 11 is 1.54. The fraction of sp³-hybridized carbons (Fsp3) is 0.200. The molecule has 2 aromatic rings. The minimum absolute atomic E-state index is 0.611. The number of hydrogen-bond donors (Lipinski definition) is 2. The maximum atomic E-state index is 9.14. The van der Waals surface area contributed by atoms with Crippen LogP contribution in [-0.4, -0.2) is 17.2 Å². The summed E-state index contributed by atoms with van der Waals surface area (Å²) in [4.78, 5) is 0. The smallest absolute Gasteiger partial charge is 0.423 e. The first-order chi connectivity index (χ1) is 6.72. The quantitative estimate of drug-likeness (QED) is 0.723. The normalized spacial score (nSPS) is 10.8. The predicted octanol–water partition coefficient (Wildman–Crippen LogP) is 1.14. The maximum absolute atomic E-state index is 9.14. The molecule has 0 unspecified atom stereocenters. The van der Waals surface area contributed by atoms with E-state index in [4.69, 9.17) is 10.0 Å². The second-order valence-corrected chi connectivity index (χ2v) is 4.16. The fourth-order valence-corrected chi connectivity index (χ4v) is 2.47. The minimum atomic E-state index is -1.36. The van der Waals surface area contributed by atoms with Gasteiger partial charge in [-0.2, -0.15) is 0 Å². The van der Waals surface area contributed by atoms with E-state index in [0.717, 1.165) is 16.5 Å². The van der Waals surface area contributed by atoms with E-state index in [-0.39, 0.29) is 0 Å². The van der Waals surface area contributed by atoms with E-state index in [9.17, 15) is 0 Å². The summed E-state index contributed by atoms with van der Waals surface area (Å²) in [6.45, 7) is 2.09. The van der Waals surface area contributed by atoms with E-state index in [0.29, 0.717) is 5.46 Å². The highest BCUT2D eigenvalue weighted by Gasteiger charge is 2.16. The number of thiophene rings is 1. The van der Waals surface area contributed by atoms with Crippen LogP contribution in [0.4, 0.5) is 0 Å². The molecule has 1 aromatic carbocycles. The first-order valence-corrected chi connectivity index (χ1v) is 5.46. The van der Waals surface area contributed by atoms with E-state index in [1.165, 1.54) is 5.56 Å². The molecule has 4 heteroatoms. The van der Waals surface area contributed by atoms with Gasteiger partial charge < -0.3 is 10.0 Å². The van der Waals surface area contributed by atoms with E-state index in [2.05, 4.69) is 13.0 Å². The first-order valence-electron chi connectivity index (χ1n) is 4.58. The Kier molecular flexibility index (Phi) is 2.59. The van der Waals surface area contributed by atoms with Gasteiger partial charge in [0.1, 0.15) is 0 Å². The van der Waals surface area contributed by atoms with Crippen molar-refractivity contribution in [2.24, 2.45) is 0 Å². The Labute approximate surface area is 87.0 Å². The molecule has 0 aliphatic carbocycles. The number of aryl methyl sites for hydroxylation is 1. The van der Waals surface area contributed by atoms with Crippen LogP contribution >= 0.6 is 11.3 Å². The van der Waals surface area contributed by atoms with E-state index in [1.807, 2.05) is 12.1 Å². The van der Waals surface area contributed by atoms with E-state index in [1.54, 1.807) is 16.7 Å². The summed E-state index contributed by atoms with van der Waals surface area (Å²) in [7, 11) is -1.36. The van der Waals surface area contributed by atoms with Gasteiger partial charge in [0.15, 0.2) is 0 Å². The van der Waals surface area contributed by atoms with Crippen molar-refractivity contribution in [3.8, 4) is 0 Å². The number of rotatable bonds is 2. The van der Waals surface area contributed by atoms with Crippen LogP contribution in [-0.2, 0) is 6.42 Å². The highest BCUT2D eigenvalue weighted by molar-refractivity contribution is 7.18. The molecular weight excluding hydrogens is 195 g/mol. The third-order valence-electron chi connectivity index (χ3n) is 2.35. The molecule has 0 radical (unpaired) electrons. The van der Waals surface area contributed by atoms with Crippen molar-refractivity contribution in [1.82, 2.24) is 0 Å². The molecule has 0 amide bonds. The number of fused-ring (bicyclic) bond motifs is 1. The van der Waals surface area contributed by atoms with Gasteiger partial charge in [-0.15, -0.1) is 11.3 Å². The molecule has 72 valence electrons. The Balaban J connectivity index is 2.63. The van der Waals surface area contributed by atoms with Gasteiger partial charge in [-0.1, -0.05) is 19.1 Å². The molecular formula is C10H11BO2S. The second-order valence-electron chi connectivity index (χ2n) is 3.25. The molecule has 0 aliphatic heterocycles. The van der Waals surface area contributed by atoms with Crippen molar-refractivity contribution in [3.05, 3.63) is 29.1 Å². The molecule has 14 heavy (non-hydrogen) atoms. The highest BCUT2D eigenvalue weighted by Crippen LogP contribution is 2.20. The molecule has 2 rings (SSSR count). The Hall–Kier alpha value is -0.835. The maximum Gasteiger partial charge on any atom is 0.489 e. The molecule has 1 aromatic heterocycles. The van der Waals surface area contributed by atoms with Gasteiger partial charge >= 0.3 is 7.12 Å². The summed E-state index contributed by atoms with van der Waals surface area (Å²) < 4.78 is 1.10. The van der Waals surface area contributed by atoms with Gasteiger partial charge in [0.2, 0.25) is 0 Å². The van der Waals surface area contributed by atoms with Gasteiger partial charge in [0.05, 0.1) is 0 Å². The lowest BCUT2D eigenvalue weighted by Crippen LogP contribution is -2.28. The highest BCUT2D eigenvalue weighted by atomic mass is 32.1. The largest absolute Gasteiger partial charge is 0.489 e. The molecule has 2 nitrogen and oxygen atoms in total. The molecule has 0 spiro atoms. The molecule has 2 N–H and O–H groups in total. The topological polar surface area (TPSA) is 40.5 Å². The number of benzene rings is 1. The van der Waals surface area contributed by atoms with Crippen LogP contribution in [0.3, 0.4) is 0 Å². The van der Waals surface area contributed by atoms with Crippen LogP contribution in [0.15, 0.2) is 23.6 Å². The average molecular weight is 206 g/mol. The van der Waals surface area contributed by atoms with Crippen LogP contribution in [0.1, 0.15) is 12.5 Å². The lowest BCUT2D eigenvalue weighted by molar-refractivity contribution is 0.426. The van der Waals surface area contributed by atoms with E-state index < -0.39 is 7.12 Å². The molecule has 0 bridgehead atoms. The summed E-state index contributed by atoms with van der Waals surface area (Å²) in [5, 5.41) is 21.0. The summed E-state index contributed by atoms with van der Waals surface area (Å²) in [5.74, 6) is 0. The zero-order chi connectivity index (χ0) is 10.1. The summed E-state index contributed by atoms with van der Waals surface area (Å²) in [6, 6.07) is 6.14. The lowest BCUT2D eigenvalue weighted by atomic mass is 9.80.